The van der Waals surface area contributed by atoms with Gasteiger partial charge in [0.1, 0.15) is 10.7 Å². The molecule has 9 heteroatoms. The molecule has 0 aliphatic rings. The maximum absolute atomic E-state index is 12.9. The lowest BCUT2D eigenvalue weighted by atomic mass is 10.1. The number of para-hydroxylation sites is 1. The average molecular weight is 430 g/mol. The zero-order valence-electron chi connectivity index (χ0n) is 16.6. The SMILES string of the molecule is Cc1cc2ccccc2n2c(=O)n(CCNC(=O)c3csc(-c4ccncc4)n3)nc12. The number of rotatable bonds is 5. The van der Waals surface area contributed by atoms with Crippen LogP contribution in [0.15, 0.2) is 65.0 Å². The smallest absolute Gasteiger partial charge is 0.349 e. The van der Waals surface area contributed by atoms with Gasteiger partial charge in [0.25, 0.3) is 5.91 Å². The number of nitrogens with one attached hydrogen (secondary N) is 1. The first-order valence-electron chi connectivity index (χ1n) is 9.74. The Morgan fingerprint density at radius 3 is 2.81 bits per heavy atom. The van der Waals surface area contributed by atoms with E-state index in [-0.39, 0.29) is 24.7 Å². The van der Waals surface area contributed by atoms with E-state index in [1.165, 1.54) is 16.0 Å². The lowest BCUT2D eigenvalue weighted by molar-refractivity contribution is 0.0947. The fraction of sp³-hybridized carbons (Fsp3) is 0.136. The number of benzene rings is 1. The Morgan fingerprint density at radius 2 is 1.97 bits per heavy atom. The molecule has 4 aromatic heterocycles. The van der Waals surface area contributed by atoms with Gasteiger partial charge in [0.2, 0.25) is 0 Å². The number of pyridine rings is 2. The van der Waals surface area contributed by atoms with Crippen molar-refractivity contribution in [2.45, 2.75) is 13.5 Å². The van der Waals surface area contributed by atoms with E-state index in [0.29, 0.717) is 11.3 Å². The normalized spacial score (nSPS) is 11.3. The molecule has 0 atom stereocenters. The maximum Gasteiger partial charge on any atom is 0.350 e. The summed E-state index contributed by atoms with van der Waals surface area (Å²) in [6, 6.07) is 13.4. The summed E-state index contributed by atoms with van der Waals surface area (Å²) in [5.74, 6) is -0.282. The van der Waals surface area contributed by atoms with Crippen molar-refractivity contribution in [2.75, 3.05) is 6.54 Å². The van der Waals surface area contributed by atoms with Gasteiger partial charge in [0.15, 0.2) is 5.65 Å². The second-order valence-corrected chi connectivity index (χ2v) is 7.94. The molecule has 4 heterocycles. The highest BCUT2D eigenvalue weighted by atomic mass is 32.1. The molecule has 8 nitrogen and oxygen atoms in total. The molecule has 1 amide bonds. The van der Waals surface area contributed by atoms with Gasteiger partial charge in [-0.15, -0.1) is 16.4 Å². The van der Waals surface area contributed by atoms with Crippen LogP contribution in [0.4, 0.5) is 0 Å². The van der Waals surface area contributed by atoms with E-state index in [0.717, 1.165) is 27.0 Å². The third-order valence-corrected chi connectivity index (χ3v) is 5.91. The van der Waals surface area contributed by atoms with Crippen LogP contribution < -0.4 is 11.0 Å². The van der Waals surface area contributed by atoms with Crippen LogP contribution in [-0.2, 0) is 6.54 Å². The highest BCUT2D eigenvalue weighted by molar-refractivity contribution is 7.13. The van der Waals surface area contributed by atoms with Crippen molar-refractivity contribution >= 4 is 33.8 Å². The minimum Gasteiger partial charge on any atom is -0.349 e. The Labute approximate surface area is 180 Å². The molecule has 0 saturated heterocycles. The monoisotopic (exact) mass is 430 g/mol. The highest BCUT2D eigenvalue weighted by Crippen LogP contribution is 2.22. The first kappa shape index (κ1) is 19.1. The van der Waals surface area contributed by atoms with Crippen LogP contribution in [-0.4, -0.2) is 36.6 Å². The van der Waals surface area contributed by atoms with Crippen molar-refractivity contribution in [1.29, 1.82) is 0 Å². The zero-order valence-corrected chi connectivity index (χ0v) is 17.5. The summed E-state index contributed by atoms with van der Waals surface area (Å²) in [7, 11) is 0. The van der Waals surface area contributed by atoms with Gasteiger partial charge in [-0.05, 0) is 42.1 Å². The minimum atomic E-state index is -0.282. The molecular formula is C22H18N6O2S. The van der Waals surface area contributed by atoms with Crippen molar-refractivity contribution in [1.82, 2.24) is 29.5 Å². The largest absolute Gasteiger partial charge is 0.350 e. The van der Waals surface area contributed by atoms with E-state index in [4.69, 9.17) is 0 Å². The van der Waals surface area contributed by atoms with Gasteiger partial charge in [0, 0.05) is 29.9 Å². The molecule has 0 radical (unpaired) electrons. The van der Waals surface area contributed by atoms with Gasteiger partial charge < -0.3 is 5.32 Å². The number of thiazole rings is 1. The van der Waals surface area contributed by atoms with Gasteiger partial charge >= 0.3 is 5.69 Å². The number of nitrogens with zero attached hydrogens (tertiary/aromatic N) is 5. The number of fused-ring (bicyclic) bond motifs is 3. The molecule has 154 valence electrons. The number of carbonyl (C=O) groups excluding carboxylic acids is 1. The van der Waals surface area contributed by atoms with Crippen LogP contribution in [0.1, 0.15) is 16.1 Å². The molecule has 0 unspecified atom stereocenters. The molecule has 0 bridgehead atoms. The minimum absolute atomic E-state index is 0.224. The van der Waals surface area contributed by atoms with Gasteiger partial charge in [-0.3, -0.25) is 9.78 Å². The Morgan fingerprint density at radius 1 is 1.16 bits per heavy atom. The van der Waals surface area contributed by atoms with E-state index in [1.54, 1.807) is 22.2 Å². The first-order valence-corrected chi connectivity index (χ1v) is 10.6. The number of hydrogen-bond acceptors (Lipinski definition) is 6. The fourth-order valence-corrected chi connectivity index (χ4v) is 4.31. The number of hydrogen-bond donors (Lipinski definition) is 1. The summed E-state index contributed by atoms with van der Waals surface area (Å²) in [6.45, 7) is 2.46. The Bertz CT molecular complexity index is 1470. The van der Waals surface area contributed by atoms with E-state index in [2.05, 4.69) is 20.4 Å². The van der Waals surface area contributed by atoms with E-state index in [1.807, 2.05) is 49.4 Å². The van der Waals surface area contributed by atoms with Crippen LogP contribution in [0.2, 0.25) is 0 Å². The summed E-state index contributed by atoms with van der Waals surface area (Å²) >= 11 is 1.40. The molecule has 0 spiro atoms. The Balaban J connectivity index is 1.33. The third kappa shape index (κ3) is 3.49. The predicted molar refractivity (Wildman–Crippen MR) is 119 cm³/mol. The number of carbonyl (C=O) groups is 1. The quantitative estimate of drug-likeness (QED) is 0.463. The van der Waals surface area contributed by atoms with E-state index >= 15 is 0 Å². The van der Waals surface area contributed by atoms with Crippen molar-refractivity contribution < 1.29 is 4.79 Å². The lowest BCUT2D eigenvalue weighted by Gasteiger charge is -2.02. The molecule has 0 saturated carbocycles. The summed E-state index contributed by atoms with van der Waals surface area (Å²) in [5.41, 5.74) is 3.40. The van der Waals surface area contributed by atoms with E-state index in [9.17, 15) is 9.59 Å². The highest BCUT2D eigenvalue weighted by Gasteiger charge is 2.14. The molecule has 5 rings (SSSR count). The van der Waals surface area contributed by atoms with Crippen LogP contribution in [0.5, 0.6) is 0 Å². The van der Waals surface area contributed by atoms with Crippen molar-refractivity contribution in [3.8, 4) is 10.6 Å². The second kappa shape index (κ2) is 7.77. The standard InChI is InChI=1S/C22H18N6O2S/c1-14-12-16-4-2-3-5-18(16)28-19(14)26-27(22(28)30)11-10-24-20(29)17-13-31-21(25-17)15-6-8-23-9-7-15/h2-9,12-13H,10-11H2,1H3,(H,24,29). The summed E-state index contributed by atoms with van der Waals surface area (Å²) in [5, 5.41) is 10.7. The Hall–Kier alpha value is -3.85. The first-order chi connectivity index (χ1) is 15.1. The molecule has 0 aliphatic heterocycles. The van der Waals surface area contributed by atoms with Gasteiger partial charge in [-0.25, -0.2) is 18.9 Å². The van der Waals surface area contributed by atoms with Crippen LogP contribution in [0.25, 0.3) is 27.1 Å². The molecule has 1 aromatic carbocycles. The molecule has 1 N–H and O–H groups in total. The zero-order chi connectivity index (χ0) is 21.4. The molecule has 31 heavy (non-hydrogen) atoms. The van der Waals surface area contributed by atoms with Crippen LogP contribution in [0, 0.1) is 6.92 Å². The Kier molecular flexibility index (Phi) is 4.79. The van der Waals surface area contributed by atoms with Crippen molar-refractivity contribution in [3.63, 3.8) is 0 Å². The van der Waals surface area contributed by atoms with Crippen LogP contribution >= 0.6 is 11.3 Å². The third-order valence-electron chi connectivity index (χ3n) is 5.01. The fourth-order valence-electron chi connectivity index (χ4n) is 3.51. The van der Waals surface area contributed by atoms with Gasteiger partial charge in [-0.1, -0.05) is 18.2 Å². The maximum atomic E-state index is 12.9. The van der Waals surface area contributed by atoms with Crippen molar-refractivity contribution in [2.24, 2.45) is 0 Å². The summed E-state index contributed by atoms with van der Waals surface area (Å²) in [6.07, 6.45) is 3.38. The topological polar surface area (TPSA) is 94.2 Å². The van der Waals surface area contributed by atoms with E-state index < -0.39 is 0 Å². The number of aromatic nitrogens is 5. The van der Waals surface area contributed by atoms with Gasteiger partial charge in [-0.2, -0.15) is 0 Å². The van der Waals surface area contributed by atoms with Crippen LogP contribution in [0.3, 0.4) is 0 Å². The second-order valence-electron chi connectivity index (χ2n) is 7.08. The molecule has 0 fully saturated rings. The summed E-state index contributed by atoms with van der Waals surface area (Å²) < 4.78 is 3.01. The average Bonchev–Trinajstić information content (AvgIpc) is 3.41. The molecule has 0 aliphatic carbocycles. The lowest BCUT2D eigenvalue weighted by Crippen LogP contribution is -2.31. The number of aryl methyl sites for hydroxylation is 1. The summed E-state index contributed by atoms with van der Waals surface area (Å²) in [4.78, 5) is 33.8. The van der Waals surface area contributed by atoms with Gasteiger partial charge in [0.05, 0.1) is 12.1 Å². The molecular weight excluding hydrogens is 412 g/mol. The van der Waals surface area contributed by atoms with Crippen molar-refractivity contribution in [3.05, 3.63) is 82.0 Å². The predicted octanol–water partition coefficient (Wildman–Crippen LogP) is 2.91. The molecule has 5 aromatic rings. The number of amides is 1.